The summed E-state index contributed by atoms with van der Waals surface area (Å²) in [5.74, 6) is 1.61. The van der Waals surface area contributed by atoms with Gasteiger partial charge in [-0.1, -0.05) is 6.07 Å². The molecule has 1 N–H and O–H groups in total. The van der Waals surface area contributed by atoms with Crippen LogP contribution in [0.15, 0.2) is 42.5 Å². The van der Waals surface area contributed by atoms with Gasteiger partial charge in [-0.2, -0.15) is 0 Å². The van der Waals surface area contributed by atoms with E-state index in [0.717, 1.165) is 5.56 Å². The zero-order valence-corrected chi connectivity index (χ0v) is 13.3. The number of carbonyl (C=O) groups excluding carboxylic acids is 1. The fourth-order valence-electron chi connectivity index (χ4n) is 1.96. The molecule has 0 bridgehead atoms. The molecule has 0 spiro atoms. The second-order valence-electron chi connectivity index (χ2n) is 4.64. The molecule has 23 heavy (non-hydrogen) atoms. The van der Waals surface area contributed by atoms with Crippen molar-refractivity contribution < 1.29 is 23.8 Å². The van der Waals surface area contributed by atoms with Crippen LogP contribution in [0, 0.1) is 0 Å². The standard InChI is InChI=1S/C17H19NO5/c1-20-14-7-5-13(6-8-14)17(19)18-23-11-12-4-9-15(21-2)16(10-12)22-3/h4-10H,11H2,1-3H3,(H,18,19). The highest BCUT2D eigenvalue weighted by Gasteiger charge is 2.07. The van der Waals surface area contributed by atoms with E-state index in [2.05, 4.69) is 5.48 Å². The number of methoxy groups -OCH3 is 3. The van der Waals surface area contributed by atoms with Gasteiger partial charge in [0.2, 0.25) is 0 Å². The first-order chi connectivity index (χ1) is 11.2. The molecule has 0 saturated heterocycles. The van der Waals surface area contributed by atoms with Gasteiger partial charge in [0.1, 0.15) is 5.75 Å². The van der Waals surface area contributed by atoms with Crippen LogP contribution >= 0.6 is 0 Å². The van der Waals surface area contributed by atoms with Gasteiger partial charge in [-0.25, -0.2) is 5.48 Å². The zero-order valence-electron chi connectivity index (χ0n) is 13.3. The summed E-state index contributed by atoms with van der Waals surface area (Å²) in [5, 5.41) is 0. The molecule has 0 fully saturated rings. The molecule has 0 aromatic heterocycles. The van der Waals surface area contributed by atoms with Crippen LogP contribution in [0.5, 0.6) is 17.2 Å². The molecule has 2 aromatic carbocycles. The van der Waals surface area contributed by atoms with Crippen molar-refractivity contribution in [1.82, 2.24) is 5.48 Å². The van der Waals surface area contributed by atoms with Crippen molar-refractivity contribution >= 4 is 5.91 Å². The molecule has 2 aromatic rings. The van der Waals surface area contributed by atoms with E-state index in [1.54, 1.807) is 57.7 Å². The average molecular weight is 317 g/mol. The Balaban J connectivity index is 1.90. The lowest BCUT2D eigenvalue weighted by Gasteiger charge is -2.10. The van der Waals surface area contributed by atoms with Crippen LogP contribution in [0.25, 0.3) is 0 Å². The maximum atomic E-state index is 11.9. The summed E-state index contributed by atoms with van der Waals surface area (Å²) in [6.07, 6.45) is 0. The summed E-state index contributed by atoms with van der Waals surface area (Å²) < 4.78 is 15.4. The first kappa shape index (κ1) is 16.6. The van der Waals surface area contributed by atoms with Crippen molar-refractivity contribution in [2.75, 3.05) is 21.3 Å². The molecule has 0 heterocycles. The van der Waals surface area contributed by atoms with Crippen LogP contribution in [0.3, 0.4) is 0 Å². The number of nitrogens with one attached hydrogen (secondary N) is 1. The van der Waals surface area contributed by atoms with Gasteiger partial charge in [-0.05, 0) is 42.0 Å². The quantitative estimate of drug-likeness (QED) is 0.795. The molecule has 6 heteroatoms. The van der Waals surface area contributed by atoms with Crippen molar-refractivity contribution in [3.63, 3.8) is 0 Å². The van der Waals surface area contributed by atoms with E-state index < -0.39 is 0 Å². The number of hydrogen-bond donors (Lipinski definition) is 1. The smallest absolute Gasteiger partial charge is 0.274 e. The highest BCUT2D eigenvalue weighted by atomic mass is 16.6. The van der Waals surface area contributed by atoms with Gasteiger partial charge in [0.05, 0.1) is 27.9 Å². The molecule has 122 valence electrons. The van der Waals surface area contributed by atoms with Gasteiger partial charge in [-0.3, -0.25) is 9.63 Å². The van der Waals surface area contributed by atoms with Crippen molar-refractivity contribution in [3.05, 3.63) is 53.6 Å². The summed E-state index contributed by atoms with van der Waals surface area (Å²) in [4.78, 5) is 17.2. The van der Waals surface area contributed by atoms with Crippen LogP contribution in [0.1, 0.15) is 15.9 Å². The normalized spacial score (nSPS) is 10.0. The number of hydroxylamine groups is 1. The zero-order chi connectivity index (χ0) is 16.7. The number of rotatable bonds is 7. The molecule has 6 nitrogen and oxygen atoms in total. The monoisotopic (exact) mass is 317 g/mol. The lowest BCUT2D eigenvalue weighted by molar-refractivity contribution is 0.0233. The second kappa shape index (κ2) is 8.05. The van der Waals surface area contributed by atoms with Gasteiger partial charge in [0.15, 0.2) is 11.5 Å². The van der Waals surface area contributed by atoms with Crippen molar-refractivity contribution in [3.8, 4) is 17.2 Å². The van der Waals surface area contributed by atoms with E-state index in [1.165, 1.54) is 0 Å². The summed E-state index contributed by atoms with van der Waals surface area (Å²) in [5.41, 5.74) is 3.73. The van der Waals surface area contributed by atoms with E-state index in [1.807, 2.05) is 6.07 Å². The Hall–Kier alpha value is -2.73. The van der Waals surface area contributed by atoms with Crippen LogP contribution < -0.4 is 19.7 Å². The van der Waals surface area contributed by atoms with E-state index in [9.17, 15) is 4.79 Å². The van der Waals surface area contributed by atoms with Crippen molar-refractivity contribution in [2.24, 2.45) is 0 Å². The van der Waals surface area contributed by atoms with E-state index in [0.29, 0.717) is 22.8 Å². The van der Waals surface area contributed by atoms with Gasteiger partial charge < -0.3 is 14.2 Å². The highest BCUT2D eigenvalue weighted by molar-refractivity contribution is 5.93. The predicted molar refractivity (Wildman–Crippen MR) is 84.8 cm³/mol. The second-order valence-corrected chi connectivity index (χ2v) is 4.64. The molecule has 0 saturated carbocycles. The SMILES string of the molecule is COc1ccc(C(=O)NOCc2ccc(OC)c(OC)c2)cc1. The minimum atomic E-state index is -0.326. The molecule has 1 amide bonds. The summed E-state index contributed by atoms with van der Waals surface area (Å²) in [7, 11) is 4.71. The topological polar surface area (TPSA) is 66.0 Å². The molecule has 0 atom stereocenters. The molecule has 0 aliphatic rings. The van der Waals surface area contributed by atoms with Gasteiger partial charge >= 0.3 is 0 Å². The average Bonchev–Trinajstić information content (AvgIpc) is 2.61. The van der Waals surface area contributed by atoms with Crippen LogP contribution in [0.4, 0.5) is 0 Å². The van der Waals surface area contributed by atoms with Gasteiger partial charge in [-0.15, -0.1) is 0 Å². The first-order valence-corrected chi connectivity index (χ1v) is 6.95. The lowest BCUT2D eigenvalue weighted by atomic mass is 10.2. The fourth-order valence-corrected chi connectivity index (χ4v) is 1.96. The Morgan fingerprint density at radius 2 is 1.61 bits per heavy atom. The summed E-state index contributed by atoms with van der Waals surface area (Å²) in [6.45, 7) is 0.211. The number of amides is 1. The maximum Gasteiger partial charge on any atom is 0.274 e. The maximum absolute atomic E-state index is 11.9. The summed E-state index contributed by atoms with van der Waals surface area (Å²) in [6, 6.07) is 12.1. The number of benzene rings is 2. The Kier molecular flexibility index (Phi) is 5.82. The van der Waals surface area contributed by atoms with E-state index >= 15 is 0 Å². The van der Waals surface area contributed by atoms with E-state index in [-0.39, 0.29) is 12.5 Å². The Bertz CT molecular complexity index is 655. The Labute approximate surface area is 134 Å². The highest BCUT2D eigenvalue weighted by Crippen LogP contribution is 2.27. The largest absolute Gasteiger partial charge is 0.497 e. The first-order valence-electron chi connectivity index (χ1n) is 6.95. The molecule has 0 aliphatic carbocycles. The molecule has 0 unspecified atom stereocenters. The Morgan fingerprint density at radius 3 is 2.22 bits per heavy atom. The molecule has 0 aliphatic heterocycles. The predicted octanol–water partition coefficient (Wildman–Crippen LogP) is 2.57. The minimum Gasteiger partial charge on any atom is -0.497 e. The van der Waals surface area contributed by atoms with Gasteiger partial charge in [0.25, 0.3) is 5.91 Å². The minimum absolute atomic E-state index is 0.211. The number of ether oxygens (including phenoxy) is 3. The van der Waals surface area contributed by atoms with Crippen LogP contribution in [-0.4, -0.2) is 27.2 Å². The molecular formula is C17H19NO5. The van der Waals surface area contributed by atoms with Crippen molar-refractivity contribution in [1.29, 1.82) is 0 Å². The van der Waals surface area contributed by atoms with E-state index in [4.69, 9.17) is 19.0 Å². The van der Waals surface area contributed by atoms with Gasteiger partial charge in [0, 0.05) is 5.56 Å². The van der Waals surface area contributed by atoms with Crippen LogP contribution in [0.2, 0.25) is 0 Å². The summed E-state index contributed by atoms with van der Waals surface area (Å²) >= 11 is 0. The Morgan fingerprint density at radius 1 is 0.913 bits per heavy atom. The fraction of sp³-hybridized carbons (Fsp3) is 0.235. The molecule has 0 radical (unpaired) electrons. The molecular weight excluding hydrogens is 298 g/mol. The van der Waals surface area contributed by atoms with Crippen LogP contribution in [-0.2, 0) is 11.4 Å². The third-order valence-corrected chi connectivity index (χ3v) is 3.20. The number of hydrogen-bond acceptors (Lipinski definition) is 5. The number of carbonyl (C=O) groups is 1. The van der Waals surface area contributed by atoms with Crippen molar-refractivity contribution in [2.45, 2.75) is 6.61 Å². The third-order valence-electron chi connectivity index (χ3n) is 3.20. The third kappa shape index (κ3) is 4.37. The molecule has 2 rings (SSSR count). The lowest BCUT2D eigenvalue weighted by Crippen LogP contribution is -2.23.